The summed E-state index contributed by atoms with van der Waals surface area (Å²) in [5.74, 6) is -0.947. The smallest absolute Gasteiger partial charge is 0.415 e. The van der Waals surface area contributed by atoms with E-state index in [0.717, 1.165) is 4.90 Å². The van der Waals surface area contributed by atoms with Gasteiger partial charge in [0.15, 0.2) is 17.2 Å². The van der Waals surface area contributed by atoms with E-state index in [2.05, 4.69) is 0 Å². The Labute approximate surface area is 232 Å². The maximum absolute atomic E-state index is 15.2. The number of carbonyl (C=O) groups is 3. The van der Waals surface area contributed by atoms with Crippen LogP contribution in [0.2, 0.25) is 0 Å². The van der Waals surface area contributed by atoms with Crippen molar-refractivity contribution in [3.63, 3.8) is 0 Å². The van der Waals surface area contributed by atoms with Gasteiger partial charge < -0.3 is 14.4 Å². The lowest BCUT2D eigenvalue weighted by molar-refractivity contribution is -0.129. The Morgan fingerprint density at radius 1 is 0.974 bits per heavy atom. The van der Waals surface area contributed by atoms with E-state index < -0.39 is 23.4 Å². The van der Waals surface area contributed by atoms with Gasteiger partial charge in [0.25, 0.3) is 0 Å². The summed E-state index contributed by atoms with van der Waals surface area (Å²) < 4.78 is 26.4. The maximum Gasteiger partial charge on any atom is 0.415 e. The van der Waals surface area contributed by atoms with Crippen LogP contribution in [-0.2, 0) is 11.2 Å². The Morgan fingerprint density at radius 2 is 1.67 bits per heavy atom. The molecule has 8 heteroatoms. The first-order chi connectivity index (χ1) is 18.6. The van der Waals surface area contributed by atoms with Gasteiger partial charge in [-0.15, -0.1) is 11.8 Å². The van der Waals surface area contributed by atoms with E-state index in [0.29, 0.717) is 16.9 Å². The molecular weight excluding hydrogens is 517 g/mol. The lowest BCUT2D eigenvalue weighted by Gasteiger charge is -2.24. The molecule has 6 nitrogen and oxygen atoms in total. The van der Waals surface area contributed by atoms with Crippen LogP contribution in [0.3, 0.4) is 0 Å². The van der Waals surface area contributed by atoms with Gasteiger partial charge in [0.1, 0.15) is 17.3 Å². The molecule has 0 saturated carbocycles. The minimum atomic E-state index is -1.08. The molecule has 0 aromatic heterocycles. The predicted molar refractivity (Wildman–Crippen MR) is 149 cm³/mol. The summed E-state index contributed by atoms with van der Waals surface area (Å²) in [7, 11) is 0. The van der Waals surface area contributed by atoms with Crippen LogP contribution in [0, 0.1) is 17.7 Å². The number of para-hydroxylation sites is 1. The molecular formula is C31H32FNO5S. The van der Waals surface area contributed by atoms with Crippen LogP contribution in [0.4, 0.5) is 9.18 Å². The van der Waals surface area contributed by atoms with Gasteiger partial charge >= 0.3 is 6.09 Å². The lowest BCUT2D eigenvalue weighted by Crippen LogP contribution is -2.36. The van der Waals surface area contributed by atoms with Gasteiger partial charge in [0.05, 0.1) is 0 Å². The fourth-order valence-electron chi connectivity index (χ4n) is 4.55. The molecule has 3 aromatic carbocycles. The molecule has 0 spiro atoms. The van der Waals surface area contributed by atoms with E-state index in [4.69, 9.17) is 9.47 Å². The number of ketones is 2. The highest BCUT2D eigenvalue weighted by atomic mass is 32.2. The average Bonchev–Trinajstić information content (AvgIpc) is 3.34. The van der Waals surface area contributed by atoms with Gasteiger partial charge in [-0.05, 0) is 75.3 Å². The highest BCUT2D eigenvalue weighted by Crippen LogP contribution is 2.33. The molecule has 2 atom stereocenters. The highest BCUT2D eigenvalue weighted by Gasteiger charge is 2.41. The second-order valence-electron chi connectivity index (χ2n) is 10.2. The van der Waals surface area contributed by atoms with Crippen molar-refractivity contribution in [3.05, 3.63) is 89.7 Å². The number of thioether (sulfide) groups is 1. The minimum absolute atomic E-state index is 0.0915. The third-order valence-corrected chi connectivity index (χ3v) is 7.83. The Kier molecular flexibility index (Phi) is 8.75. The quantitative estimate of drug-likeness (QED) is 0.225. The van der Waals surface area contributed by atoms with E-state index in [1.54, 1.807) is 74.1 Å². The number of carbonyl (C=O) groups excluding carboxylic acids is 3. The SMILES string of the molecule is CSc1ccc(C(=O)[C@@H]2CN(C(=O)Oc3ccccc3)C[C@H]2Cc2ccc(OC(C)(C)C(C)=O)cc2F)cc1. The summed E-state index contributed by atoms with van der Waals surface area (Å²) >= 11 is 1.59. The Bertz CT molecular complexity index is 1340. The highest BCUT2D eigenvalue weighted by molar-refractivity contribution is 7.98. The number of hydrogen-bond donors (Lipinski definition) is 0. The second-order valence-corrected chi connectivity index (χ2v) is 11.1. The number of rotatable bonds is 9. The summed E-state index contributed by atoms with van der Waals surface area (Å²) in [5, 5.41) is 0. The zero-order valence-corrected chi connectivity index (χ0v) is 23.3. The zero-order valence-electron chi connectivity index (χ0n) is 22.5. The van der Waals surface area contributed by atoms with E-state index in [1.807, 2.05) is 24.5 Å². The van der Waals surface area contributed by atoms with Crippen LogP contribution >= 0.6 is 11.8 Å². The van der Waals surface area contributed by atoms with Gasteiger partial charge in [-0.3, -0.25) is 9.59 Å². The predicted octanol–water partition coefficient (Wildman–Crippen LogP) is 6.47. The monoisotopic (exact) mass is 549 g/mol. The molecule has 0 radical (unpaired) electrons. The van der Waals surface area contributed by atoms with Crippen LogP contribution < -0.4 is 9.47 Å². The fraction of sp³-hybridized carbons (Fsp3) is 0.323. The number of halogens is 1. The molecule has 1 aliphatic heterocycles. The van der Waals surface area contributed by atoms with Crippen molar-refractivity contribution in [1.82, 2.24) is 4.90 Å². The van der Waals surface area contributed by atoms with E-state index in [9.17, 15) is 14.4 Å². The molecule has 0 aliphatic carbocycles. The third kappa shape index (κ3) is 6.87. The van der Waals surface area contributed by atoms with Crippen LogP contribution in [0.25, 0.3) is 0 Å². The Morgan fingerprint density at radius 3 is 2.28 bits per heavy atom. The van der Waals surface area contributed by atoms with Gasteiger partial charge in [-0.1, -0.05) is 36.4 Å². The fourth-order valence-corrected chi connectivity index (χ4v) is 4.96. The number of nitrogens with zero attached hydrogens (tertiary/aromatic N) is 1. The number of likely N-dealkylation sites (tertiary alicyclic amines) is 1. The second kappa shape index (κ2) is 12.0. The molecule has 204 valence electrons. The molecule has 4 rings (SSSR count). The first-order valence-corrected chi connectivity index (χ1v) is 14.0. The summed E-state index contributed by atoms with van der Waals surface area (Å²) in [5.41, 5.74) is -0.124. The van der Waals surface area contributed by atoms with Crippen molar-refractivity contribution in [2.24, 2.45) is 11.8 Å². The summed E-state index contributed by atoms with van der Waals surface area (Å²) in [6.07, 6.45) is 1.66. The molecule has 39 heavy (non-hydrogen) atoms. The Balaban J connectivity index is 1.56. The third-order valence-electron chi connectivity index (χ3n) is 7.09. The number of Topliss-reactive ketones (excluding diaryl/α,β-unsaturated/α-hetero) is 2. The first kappa shape index (κ1) is 28.4. The molecule has 0 bridgehead atoms. The molecule has 0 unspecified atom stereocenters. The van der Waals surface area contributed by atoms with Crippen molar-refractivity contribution >= 4 is 29.4 Å². The summed E-state index contributed by atoms with van der Waals surface area (Å²) in [6, 6.07) is 20.6. The number of benzene rings is 3. The molecule has 3 aromatic rings. The first-order valence-electron chi connectivity index (χ1n) is 12.8. The van der Waals surface area contributed by atoms with Gasteiger partial charge in [-0.25, -0.2) is 9.18 Å². The van der Waals surface area contributed by atoms with Crippen molar-refractivity contribution in [2.75, 3.05) is 19.3 Å². The van der Waals surface area contributed by atoms with Gasteiger partial charge in [-0.2, -0.15) is 0 Å². The van der Waals surface area contributed by atoms with Crippen molar-refractivity contribution in [1.29, 1.82) is 0 Å². The number of hydrogen-bond acceptors (Lipinski definition) is 6. The van der Waals surface area contributed by atoms with Crippen LogP contribution in [0.15, 0.2) is 77.7 Å². The molecule has 1 heterocycles. The molecule has 0 N–H and O–H groups in total. The lowest BCUT2D eigenvalue weighted by atomic mass is 9.84. The molecule has 1 amide bonds. The standard InChI is InChI=1S/C31H32FNO5S/c1-20(34)31(2,3)38-25-13-10-22(28(32)17-25)16-23-18-33(30(36)37-24-8-6-5-7-9-24)19-27(23)29(35)21-11-14-26(39-4)15-12-21/h5-15,17,23,27H,16,18-19H2,1-4H3/t23-,27-/m1/s1. The number of amides is 1. The topological polar surface area (TPSA) is 72.9 Å². The van der Waals surface area contributed by atoms with Gasteiger partial charge in [0, 0.05) is 35.5 Å². The molecule has 1 saturated heterocycles. The van der Waals surface area contributed by atoms with Crippen molar-refractivity contribution in [3.8, 4) is 11.5 Å². The molecule has 1 aliphatic rings. The average molecular weight is 550 g/mol. The van der Waals surface area contributed by atoms with Crippen LogP contribution in [0.1, 0.15) is 36.7 Å². The minimum Gasteiger partial charge on any atom is -0.480 e. The van der Waals surface area contributed by atoms with Crippen molar-refractivity contribution < 1.29 is 28.2 Å². The van der Waals surface area contributed by atoms with E-state index in [-0.39, 0.29) is 42.7 Å². The normalized spacial score (nSPS) is 17.1. The Hall–Kier alpha value is -3.65. The van der Waals surface area contributed by atoms with E-state index in [1.165, 1.54) is 17.9 Å². The summed E-state index contributed by atoms with van der Waals surface area (Å²) in [4.78, 5) is 40.9. The van der Waals surface area contributed by atoms with Crippen LogP contribution in [0.5, 0.6) is 11.5 Å². The van der Waals surface area contributed by atoms with Gasteiger partial charge in [0.2, 0.25) is 0 Å². The van der Waals surface area contributed by atoms with E-state index >= 15 is 4.39 Å². The summed E-state index contributed by atoms with van der Waals surface area (Å²) in [6.45, 7) is 5.11. The van der Waals surface area contributed by atoms with Crippen molar-refractivity contribution in [2.45, 2.75) is 37.7 Å². The zero-order chi connectivity index (χ0) is 28.2. The molecule has 1 fully saturated rings. The van der Waals surface area contributed by atoms with Crippen LogP contribution in [-0.4, -0.2) is 47.5 Å². The number of ether oxygens (including phenoxy) is 2. The maximum atomic E-state index is 15.2. The largest absolute Gasteiger partial charge is 0.480 e.